The highest BCUT2D eigenvalue weighted by molar-refractivity contribution is 7.11. The third kappa shape index (κ3) is 2.30. The van der Waals surface area contributed by atoms with Crippen LogP contribution in [0.2, 0.25) is 0 Å². The van der Waals surface area contributed by atoms with E-state index in [4.69, 9.17) is 4.98 Å². The van der Waals surface area contributed by atoms with Gasteiger partial charge in [-0.1, -0.05) is 13.3 Å². The van der Waals surface area contributed by atoms with Crippen LogP contribution in [-0.2, 0) is 19.4 Å². The summed E-state index contributed by atoms with van der Waals surface area (Å²) in [5, 5.41) is 4.87. The normalized spacial score (nSPS) is 24.4. The average molecular weight is 236 g/mol. The van der Waals surface area contributed by atoms with E-state index in [1.54, 1.807) is 4.88 Å². The first kappa shape index (κ1) is 10.7. The van der Waals surface area contributed by atoms with Crippen molar-refractivity contribution in [1.82, 2.24) is 10.3 Å². The van der Waals surface area contributed by atoms with Gasteiger partial charge in [0, 0.05) is 17.5 Å². The van der Waals surface area contributed by atoms with Crippen molar-refractivity contribution in [2.24, 2.45) is 5.92 Å². The van der Waals surface area contributed by atoms with Gasteiger partial charge in [0.1, 0.15) is 5.01 Å². The molecule has 2 aliphatic carbocycles. The molecule has 88 valence electrons. The zero-order valence-corrected chi connectivity index (χ0v) is 10.8. The Morgan fingerprint density at radius 2 is 2.25 bits per heavy atom. The smallest absolute Gasteiger partial charge is 0.107 e. The molecule has 0 aromatic carbocycles. The van der Waals surface area contributed by atoms with E-state index in [0.717, 1.165) is 18.5 Å². The van der Waals surface area contributed by atoms with Crippen molar-refractivity contribution in [3.63, 3.8) is 0 Å². The fraction of sp³-hybridized carbons (Fsp3) is 0.769. The first-order valence-electron chi connectivity index (χ1n) is 6.56. The quantitative estimate of drug-likeness (QED) is 0.869. The van der Waals surface area contributed by atoms with Crippen LogP contribution in [0.4, 0.5) is 0 Å². The van der Waals surface area contributed by atoms with Crippen LogP contribution >= 0.6 is 11.3 Å². The molecule has 1 saturated carbocycles. The minimum absolute atomic E-state index is 0.796. The molecule has 1 aromatic rings. The van der Waals surface area contributed by atoms with Gasteiger partial charge in [0.15, 0.2) is 0 Å². The third-order valence-electron chi connectivity index (χ3n) is 3.78. The van der Waals surface area contributed by atoms with Gasteiger partial charge < -0.3 is 5.32 Å². The SMILES string of the molecule is CCC1CCc2nc(CNC3CC3)sc2C1. The van der Waals surface area contributed by atoms with Crippen molar-refractivity contribution in [1.29, 1.82) is 0 Å². The van der Waals surface area contributed by atoms with Crippen LogP contribution in [0.1, 0.15) is 48.2 Å². The lowest BCUT2D eigenvalue weighted by molar-refractivity contribution is 0.445. The molecule has 0 spiro atoms. The molecular formula is C13H20N2S. The molecule has 2 aliphatic rings. The molecule has 1 fully saturated rings. The minimum atomic E-state index is 0.796. The molecule has 0 aliphatic heterocycles. The van der Waals surface area contributed by atoms with Crippen LogP contribution in [0.15, 0.2) is 0 Å². The highest BCUT2D eigenvalue weighted by Gasteiger charge is 2.23. The zero-order chi connectivity index (χ0) is 11.0. The first-order valence-corrected chi connectivity index (χ1v) is 7.37. The highest BCUT2D eigenvalue weighted by Crippen LogP contribution is 2.31. The molecule has 0 radical (unpaired) electrons. The standard InChI is InChI=1S/C13H20N2S/c1-2-9-3-6-11-12(7-9)16-13(15-11)8-14-10-4-5-10/h9-10,14H,2-8H2,1H3. The second-order valence-electron chi connectivity index (χ2n) is 5.15. The fourth-order valence-corrected chi connectivity index (χ4v) is 3.62. The van der Waals surface area contributed by atoms with E-state index in [9.17, 15) is 0 Å². The first-order chi connectivity index (χ1) is 7.85. The Kier molecular flexibility index (Phi) is 2.99. The molecule has 1 aromatic heterocycles. The number of fused-ring (bicyclic) bond motifs is 1. The Labute approximate surface area is 101 Å². The highest BCUT2D eigenvalue weighted by atomic mass is 32.1. The number of aryl methyl sites for hydroxylation is 1. The minimum Gasteiger partial charge on any atom is -0.308 e. The Morgan fingerprint density at radius 3 is 3.00 bits per heavy atom. The summed E-state index contributed by atoms with van der Waals surface area (Å²) in [7, 11) is 0. The lowest BCUT2D eigenvalue weighted by Gasteiger charge is -2.18. The third-order valence-corrected chi connectivity index (χ3v) is 4.90. The average Bonchev–Trinajstić information content (AvgIpc) is 3.04. The summed E-state index contributed by atoms with van der Waals surface area (Å²) in [5.74, 6) is 0.914. The second kappa shape index (κ2) is 4.46. The molecule has 1 unspecified atom stereocenters. The van der Waals surface area contributed by atoms with Gasteiger partial charge in [0.05, 0.1) is 5.69 Å². The fourth-order valence-electron chi connectivity index (χ4n) is 2.44. The maximum absolute atomic E-state index is 4.78. The molecule has 2 nitrogen and oxygen atoms in total. The van der Waals surface area contributed by atoms with Crippen molar-refractivity contribution < 1.29 is 0 Å². The van der Waals surface area contributed by atoms with Gasteiger partial charge in [-0.05, 0) is 38.0 Å². The number of aromatic nitrogens is 1. The van der Waals surface area contributed by atoms with Crippen molar-refractivity contribution in [3.05, 3.63) is 15.6 Å². The van der Waals surface area contributed by atoms with Gasteiger partial charge in [0.2, 0.25) is 0 Å². The zero-order valence-electron chi connectivity index (χ0n) is 9.96. The summed E-state index contributed by atoms with van der Waals surface area (Å²) in [6.07, 6.45) is 7.91. The van der Waals surface area contributed by atoms with Gasteiger partial charge >= 0.3 is 0 Å². The Balaban J connectivity index is 1.65. The van der Waals surface area contributed by atoms with Crippen LogP contribution in [0, 0.1) is 5.92 Å². The lowest BCUT2D eigenvalue weighted by atomic mass is 9.89. The topological polar surface area (TPSA) is 24.9 Å². The van der Waals surface area contributed by atoms with Gasteiger partial charge in [-0.25, -0.2) is 4.98 Å². The van der Waals surface area contributed by atoms with Gasteiger partial charge in [-0.15, -0.1) is 11.3 Å². The Morgan fingerprint density at radius 1 is 1.38 bits per heavy atom. The van der Waals surface area contributed by atoms with Crippen LogP contribution in [0.25, 0.3) is 0 Å². The summed E-state index contributed by atoms with van der Waals surface area (Å²) < 4.78 is 0. The Hall–Kier alpha value is -0.410. The maximum atomic E-state index is 4.78. The predicted molar refractivity (Wildman–Crippen MR) is 67.8 cm³/mol. The van der Waals surface area contributed by atoms with Crippen molar-refractivity contribution >= 4 is 11.3 Å². The molecule has 0 amide bonds. The van der Waals surface area contributed by atoms with Crippen LogP contribution in [0.3, 0.4) is 0 Å². The second-order valence-corrected chi connectivity index (χ2v) is 6.32. The van der Waals surface area contributed by atoms with E-state index < -0.39 is 0 Å². The van der Waals surface area contributed by atoms with Crippen LogP contribution < -0.4 is 5.32 Å². The largest absolute Gasteiger partial charge is 0.308 e. The Bertz CT molecular complexity index is 368. The summed E-state index contributed by atoms with van der Waals surface area (Å²) in [4.78, 5) is 6.35. The summed E-state index contributed by atoms with van der Waals surface area (Å²) in [6.45, 7) is 3.31. The van der Waals surface area contributed by atoms with Gasteiger partial charge in [-0.2, -0.15) is 0 Å². The molecule has 1 heterocycles. The van der Waals surface area contributed by atoms with E-state index >= 15 is 0 Å². The van der Waals surface area contributed by atoms with E-state index in [1.165, 1.54) is 49.2 Å². The van der Waals surface area contributed by atoms with E-state index in [-0.39, 0.29) is 0 Å². The molecule has 0 bridgehead atoms. The van der Waals surface area contributed by atoms with Crippen molar-refractivity contribution in [2.75, 3.05) is 0 Å². The number of hydrogen-bond acceptors (Lipinski definition) is 3. The van der Waals surface area contributed by atoms with Crippen molar-refractivity contribution in [3.8, 4) is 0 Å². The van der Waals surface area contributed by atoms with E-state index in [0.29, 0.717) is 0 Å². The van der Waals surface area contributed by atoms with Crippen LogP contribution in [0.5, 0.6) is 0 Å². The number of nitrogens with one attached hydrogen (secondary N) is 1. The maximum Gasteiger partial charge on any atom is 0.107 e. The molecule has 3 heteroatoms. The van der Waals surface area contributed by atoms with E-state index in [1.807, 2.05) is 11.3 Å². The summed E-state index contributed by atoms with van der Waals surface area (Å²) >= 11 is 1.95. The van der Waals surface area contributed by atoms with Gasteiger partial charge in [0.25, 0.3) is 0 Å². The summed E-state index contributed by atoms with van der Waals surface area (Å²) in [5.41, 5.74) is 1.40. The van der Waals surface area contributed by atoms with Gasteiger partial charge in [-0.3, -0.25) is 0 Å². The molecule has 1 atom stereocenters. The number of rotatable bonds is 4. The molecule has 3 rings (SSSR count). The van der Waals surface area contributed by atoms with E-state index in [2.05, 4.69) is 12.2 Å². The lowest BCUT2D eigenvalue weighted by Crippen LogP contribution is -2.15. The molecule has 16 heavy (non-hydrogen) atoms. The number of nitrogens with zero attached hydrogens (tertiary/aromatic N) is 1. The summed E-state index contributed by atoms with van der Waals surface area (Å²) in [6, 6.07) is 0.796. The predicted octanol–water partition coefficient (Wildman–Crippen LogP) is 2.91. The monoisotopic (exact) mass is 236 g/mol. The molecule has 0 saturated heterocycles. The number of hydrogen-bond donors (Lipinski definition) is 1. The molecule has 1 N–H and O–H groups in total. The molecular weight excluding hydrogens is 216 g/mol. The van der Waals surface area contributed by atoms with Crippen LogP contribution in [-0.4, -0.2) is 11.0 Å². The van der Waals surface area contributed by atoms with Crippen molar-refractivity contribution in [2.45, 2.75) is 58.0 Å². The number of thiazole rings is 1.